The van der Waals surface area contributed by atoms with Crippen LogP contribution in [0.5, 0.6) is 11.5 Å². The average Bonchev–Trinajstić information content (AvgIpc) is 3.20. The summed E-state index contributed by atoms with van der Waals surface area (Å²) in [7, 11) is 3.20. The standard InChI is InChI=1S/C22H26N2O4/c1-27-17-12-10-15(11-13-17)21(25)24-19-8-5-7-18(19)22(26)23-14-16-6-3-4-9-20(16)28-2/h3-4,6,9-13,18-19H,5,7-8,14H2,1-2H3,(H,23,26)(H,24,25)/t18-,19+/m0/s1. The van der Waals surface area contributed by atoms with Gasteiger partial charge in [0.25, 0.3) is 5.91 Å². The molecule has 0 saturated heterocycles. The number of hydrogen-bond acceptors (Lipinski definition) is 4. The lowest BCUT2D eigenvalue weighted by molar-refractivity contribution is -0.125. The van der Waals surface area contributed by atoms with Crippen LogP contribution in [0, 0.1) is 5.92 Å². The van der Waals surface area contributed by atoms with E-state index in [0.29, 0.717) is 17.9 Å². The maximum atomic E-state index is 12.7. The monoisotopic (exact) mass is 382 g/mol. The number of amides is 2. The molecule has 0 radical (unpaired) electrons. The predicted molar refractivity (Wildman–Crippen MR) is 106 cm³/mol. The minimum absolute atomic E-state index is 0.0385. The number of benzene rings is 2. The van der Waals surface area contributed by atoms with Gasteiger partial charge in [0.05, 0.1) is 20.1 Å². The predicted octanol–water partition coefficient (Wildman–Crippen LogP) is 2.92. The summed E-state index contributed by atoms with van der Waals surface area (Å²) in [6, 6.07) is 14.4. The van der Waals surface area contributed by atoms with E-state index >= 15 is 0 Å². The quantitative estimate of drug-likeness (QED) is 0.772. The van der Waals surface area contributed by atoms with E-state index in [2.05, 4.69) is 10.6 Å². The summed E-state index contributed by atoms with van der Waals surface area (Å²) in [6.45, 7) is 0.401. The van der Waals surface area contributed by atoms with E-state index in [1.54, 1.807) is 38.5 Å². The Labute approximate surface area is 165 Å². The van der Waals surface area contributed by atoms with Gasteiger partial charge in [-0.1, -0.05) is 24.6 Å². The van der Waals surface area contributed by atoms with Crippen molar-refractivity contribution in [3.8, 4) is 11.5 Å². The van der Waals surface area contributed by atoms with Crippen molar-refractivity contribution in [2.24, 2.45) is 5.92 Å². The van der Waals surface area contributed by atoms with Crippen LogP contribution in [0.15, 0.2) is 48.5 Å². The van der Waals surface area contributed by atoms with Crippen LogP contribution in [0.3, 0.4) is 0 Å². The molecule has 2 amide bonds. The lowest BCUT2D eigenvalue weighted by Gasteiger charge is -2.21. The molecule has 1 saturated carbocycles. The van der Waals surface area contributed by atoms with Crippen molar-refractivity contribution in [2.45, 2.75) is 31.8 Å². The molecule has 28 heavy (non-hydrogen) atoms. The Balaban J connectivity index is 1.58. The van der Waals surface area contributed by atoms with Gasteiger partial charge in [0, 0.05) is 23.7 Å². The van der Waals surface area contributed by atoms with E-state index in [1.807, 2.05) is 24.3 Å². The van der Waals surface area contributed by atoms with E-state index < -0.39 is 0 Å². The van der Waals surface area contributed by atoms with Crippen molar-refractivity contribution in [2.75, 3.05) is 14.2 Å². The first-order chi connectivity index (χ1) is 13.6. The van der Waals surface area contributed by atoms with Gasteiger partial charge in [-0.2, -0.15) is 0 Å². The highest BCUT2D eigenvalue weighted by molar-refractivity contribution is 5.95. The Morgan fingerprint density at radius 2 is 1.75 bits per heavy atom. The lowest BCUT2D eigenvalue weighted by atomic mass is 10.0. The SMILES string of the molecule is COc1ccc(C(=O)N[C@@H]2CCC[C@@H]2C(=O)NCc2ccccc2OC)cc1. The van der Waals surface area contributed by atoms with Crippen molar-refractivity contribution in [3.63, 3.8) is 0 Å². The second kappa shape index (κ2) is 9.26. The molecule has 0 spiro atoms. The zero-order chi connectivity index (χ0) is 19.9. The molecular formula is C22H26N2O4. The largest absolute Gasteiger partial charge is 0.497 e. The third kappa shape index (κ3) is 4.63. The third-order valence-electron chi connectivity index (χ3n) is 5.17. The number of para-hydroxylation sites is 1. The topological polar surface area (TPSA) is 76.7 Å². The molecule has 0 heterocycles. The second-order valence-corrected chi connectivity index (χ2v) is 6.88. The Kier molecular flexibility index (Phi) is 6.53. The van der Waals surface area contributed by atoms with Crippen molar-refractivity contribution < 1.29 is 19.1 Å². The number of nitrogens with one attached hydrogen (secondary N) is 2. The van der Waals surface area contributed by atoms with Crippen molar-refractivity contribution in [1.82, 2.24) is 10.6 Å². The van der Waals surface area contributed by atoms with Gasteiger partial charge in [-0.3, -0.25) is 9.59 Å². The third-order valence-corrected chi connectivity index (χ3v) is 5.17. The molecule has 2 aromatic carbocycles. The summed E-state index contributed by atoms with van der Waals surface area (Å²) in [5.74, 6) is 1.02. The Bertz CT molecular complexity index is 820. The van der Waals surface area contributed by atoms with Crippen molar-refractivity contribution in [1.29, 1.82) is 0 Å². The van der Waals surface area contributed by atoms with Gasteiger partial charge >= 0.3 is 0 Å². The molecule has 0 aliphatic heterocycles. The minimum atomic E-state index is -0.225. The van der Waals surface area contributed by atoms with E-state index in [9.17, 15) is 9.59 Å². The molecule has 0 unspecified atom stereocenters. The number of carbonyl (C=O) groups is 2. The molecule has 1 fully saturated rings. The van der Waals surface area contributed by atoms with Gasteiger partial charge in [0.1, 0.15) is 11.5 Å². The van der Waals surface area contributed by atoms with E-state index in [0.717, 1.165) is 30.6 Å². The van der Waals surface area contributed by atoms with Crippen LogP contribution in [-0.2, 0) is 11.3 Å². The van der Waals surface area contributed by atoms with E-state index in [4.69, 9.17) is 9.47 Å². The van der Waals surface area contributed by atoms with Gasteiger partial charge in [0.2, 0.25) is 5.91 Å². The van der Waals surface area contributed by atoms with Crippen LogP contribution in [-0.4, -0.2) is 32.1 Å². The first kappa shape index (κ1) is 19.7. The van der Waals surface area contributed by atoms with Gasteiger partial charge in [-0.25, -0.2) is 0 Å². The second-order valence-electron chi connectivity index (χ2n) is 6.88. The first-order valence-corrected chi connectivity index (χ1v) is 9.47. The van der Waals surface area contributed by atoms with Crippen LogP contribution in [0.2, 0.25) is 0 Å². The molecule has 0 aromatic heterocycles. The van der Waals surface area contributed by atoms with Gasteiger partial charge in [-0.15, -0.1) is 0 Å². The van der Waals surface area contributed by atoms with Gasteiger partial charge in [-0.05, 0) is 43.2 Å². The summed E-state index contributed by atoms with van der Waals surface area (Å²) >= 11 is 0. The highest BCUT2D eigenvalue weighted by Crippen LogP contribution is 2.27. The molecule has 1 aliphatic rings. The molecule has 2 N–H and O–H groups in total. The van der Waals surface area contributed by atoms with Crippen LogP contribution >= 0.6 is 0 Å². The highest BCUT2D eigenvalue weighted by Gasteiger charge is 2.34. The number of ether oxygens (including phenoxy) is 2. The molecule has 1 aliphatic carbocycles. The molecular weight excluding hydrogens is 356 g/mol. The number of rotatable bonds is 7. The summed E-state index contributed by atoms with van der Waals surface area (Å²) in [5.41, 5.74) is 1.48. The van der Waals surface area contributed by atoms with Crippen molar-refractivity contribution >= 4 is 11.8 Å². The van der Waals surface area contributed by atoms with Crippen molar-refractivity contribution in [3.05, 3.63) is 59.7 Å². The van der Waals surface area contributed by atoms with Gasteiger partial charge in [0.15, 0.2) is 0 Å². The molecule has 2 aromatic rings. The summed E-state index contributed by atoms with van der Waals surface area (Å²) in [6.07, 6.45) is 2.49. The van der Waals surface area contributed by atoms with Crippen LogP contribution in [0.25, 0.3) is 0 Å². The molecule has 2 atom stereocenters. The number of hydrogen-bond donors (Lipinski definition) is 2. The van der Waals surface area contributed by atoms with Gasteiger partial charge < -0.3 is 20.1 Å². The molecule has 3 rings (SSSR count). The fraction of sp³-hybridized carbons (Fsp3) is 0.364. The maximum Gasteiger partial charge on any atom is 0.251 e. The molecule has 0 bridgehead atoms. The number of methoxy groups -OCH3 is 2. The fourth-order valence-electron chi connectivity index (χ4n) is 3.60. The molecule has 6 heteroatoms. The summed E-state index contributed by atoms with van der Waals surface area (Å²) in [4.78, 5) is 25.2. The lowest BCUT2D eigenvalue weighted by Crippen LogP contribution is -2.43. The van der Waals surface area contributed by atoms with Crippen LogP contribution in [0.1, 0.15) is 35.2 Å². The van der Waals surface area contributed by atoms with Crippen LogP contribution < -0.4 is 20.1 Å². The van der Waals surface area contributed by atoms with Crippen LogP contribution in [0.4, 0.5) is 0 Å². The smallest absolute Gasteiger partial charge is 0.251 e. The molecule has 148 valence electrons. The van der Waals surface area contributed by atoms with E-state index in [-0.39, 0.29) is 23.8 Å². The minimum Gasteiger partial charge on any atom is -0.497 e. The fourth-order valence-corrected chi connectivity index (χ4v) is 3.60. The number of carbonyl (C=O) groups excluding carboxylic acids is 2. The maximum absolute atomic E-state index is 12.7. The summed E-state index contributed by atoms with van der Waals surface area (Å²) in [5, 5.41) is 6.01. The van der Waals surface area contributed by atoms with E-state index in [1.165, 1.54) is 0 Å². The first-order valence-electron chi connectivity index (χ1n) is 9.47. The average molecular weight is 382 g/mol. The summed E-state index contributed by atoms with van der Waals surface area (Å²) < 4.78 is 10.4. The zero-order valence-electron chi connectivity index (χ0n) is 16.2. The zero-order valence-corrected chi connectivity index (χ0v) is 16.2. The normalized spacial score (nSPS) is 18.4. The molecule has 6 nitrogen and oxygen atoms in total. The Hall–Kier alpha value is -3.02. The highest BCUT2D eigenvalue weighted by atomic mass is 16.5. The Morgan fingerprint density at radius 3 is 2.46 bits per heavy atom. The Morgan fingerprint density at radius 1 is 1.00 bits per heavy atom.